The second-order valence-corrected chi connectivity index (χ2v) is 14.1. The van der Waals surface area contributed by atoms with Crippen molar-refractivity contribution in [3.05, 3.63) is 54.2 Å². The highest BCUT2D eigenvalue weighted by molar-refractivity contribution is 7.90. The van der Waals surface area contributed by atoms with Crippen LogP contribution in [0.1, 0.15) is 62.7 Å². The molecule has 10 nitrogen and oxygen atoms in total. The lowest BCUT2D eigenvalue weighted by molar-refractivity contribution is -0.190. The molecule has 4 bridgehead atoms. The lowest BCUT2D eigenvalue weighted by atomic mass is 9.93. The first kappa shape index (κ1) is 30.2. The maximum atomic E-state index is 13.6. The predicted octanol–water partition coefficient (Wildman–Crippen LogP) is 5.27. The number of rotatable bonds is 5. The van der Waals surface area contributed by atoms with Gasteiger partial charge < -0.3 is 14.4 Å². The van der Waals surface area contributed by atoms with Crippen LogP contribution in [-0.4, -0.2) is 60.6 Å². The highest BCUT2D eigenvalue weighted by atomic mass is 32.2. The maximum Gasteiger partial charge on any atom is 0.394 e. The maximum absolute atomic E-state index is 13.6. The van der Waals surface area contributed by atoms with Gasteiger partial charge in [-0.25, -0.2) is 22.8 Å². The number of halogens is 3. The van der Waals surface area contributed by atoms with E-state index in [1.807, 2.05) is 4.90 Å². The van der Waals surface area contributed by atoms with Crippen molar-refractivity contribution in [1.82, 2.24) is 19.5 Å². The topological polar surface area (TPSA) is 116 Å². The number of carbonyl (C=O) groups is 1. The zero-order valence-corrected chi connectivity index (χ0v) is 25.2. The Balaban J connectivity index is 1.30. The Hall–Kier alpha value is -3.81. The van der Waals surface area contributed by atoms with E-state index in [1.54, 1.807) is 18.3 Å². The van der Waals surface area contributed by atoms with Crippen LogP contribution < -0.4 is 19.1 Å². The van der Waals surface area contributed by atoms with Crippen LogP contribution in [0.15, 0.2) is 53.6 Å². The van der Waals surface area contributed by atoms with Gasteiger partial charge in [0.25, 0.3) is 15.9 Å². The molecule has 14 heteroatoms. The second kappa shape index (κ2) is 11.0. The van der Waals surface area contributed by atoms with Gasteiger partial charge in [0.15, 0.2) is 5.82 Å². The normalized spacial score (nSPS) is 22.2. The highest BCUT2D eigenvalue weighted by Gasteiger charge is 2.62. The summed E-state index contributed by atoms with van der Waals surface area (Å²) in [4.78, 5) is 20.3. The number of pyridine rings is 1. The number of benzene rings is 1. The van der Waals surface area contributed by atoms with Crippen LogP contribution in [0.3, 0.4) is 0 Å². The number of anilines is 1. The minimum atomic E-state index is -4.25. The molecule has 1 aromatic carbocycles. The van der Waals surface area contributed by atoms with Gasteiger partial charge in [0, 0.05) is 30.4 Å². The third-order valence-electron chi connectivity index (χ3n) is 8.77. The van der Waals surface area contributed by atoms with Gasteiger partial charge in [0.05, 0.1) is 29.1 Å². The largest absolute Gasteiger partial charge is 0.494 e. The Bertz CT molecular complexity index is 1670. The number of sulfonamides is 1. The number of hydrogen-bond acceptors (Lipinski definition) is 8. The van der Waals surface area contributed by atoms with Crippen molar-refractivity contribution in [3.63, 3.8) is 0 Å². The van der Waals surface area contributed by atoms with Crippen molar-refractivity contribution in [2.45, 2.75) is 69.0 Å². The Kier molecular flexibility index (Phi) is 7.53. The number of alkyl halides is 3. The van der Waals surface area contributed by atoms with Crippen LogP contribution in [0.4, 0.5) is 19.0 Å². The number of aromatic nitrogens is 3. The van der Waals surface area contributed by atoms with Crippen molar-refractivity contribution in [2.24, 2.45) is 11.3 Å². The summed E-state index contributed by atoms with van der Waals surface area (Å²) < 4.78 is 81.2. The summed E-state index contributed by atoms with van der Waals surface area (Å²) in [6.45, 7) is 5.00. The number of carbonyl (C=O) groups excluding carboxylic acids is 1. The van der Waals surface area contributed by atoms with Crippen molar-refractivity contribution in [3.8, 4) is 17.4 Å². The molecule has 44 heavy (non-hydrogen) atoms. The molecular formula is C30H34F3N5O5S. The summed E-state index contributed by atoms with van der Waals surface area (Å²) in [5.41, 5.74) is -1.98. The summed E-state index contributed by atoms with van der Waals surface area (Å²) in [7, 11) is -4.23. The first-order chi connectivity index (χ1) is 20.8. The van der Waals surface area contributed by atoms with E-state index in [-0.39, 0.29) is 48.1 Å². The lowest BCUT2D eigenvalue weighted by Gasteiger charge is -2.34. The molecule has 1 amide bonds. The van der Waals surface area contributed by atoms with Gasteiger partial charge in [-0.1, -0.05) is 6.07 Å². The monoisotopic (exact) mass is 633 g/mol. The van der Waals surface area contributed by atoms with Crippen LogP contribution >= 0.6 is 0 Å². The molecule has 1 saturated heterocycles. The van der Waals surface area contributed by atoms with Crippen LogP contribution in [0, 0.1) is 11.3 Å². The molecular weight excluding hydrogens is 599 g/mol. The number of amides is 1. The Labute approximate surface area is 253 Å². The second-order valence-electron chi connectivity index (χ2n) is 12.4. The first-order valence-corrected chi connectivity index (χ1v) is 16.1. The van der Waals surface area contributed by atoms with Gasteiger partial charge in [0.1, 0.15) is 11.6 Å². The smallest absolute Gasteiger partial charge is 0.394 e. The summed E-state index contributed by atoms with van der Waals surface area (Å²) in [6, 6.07) is 10.6. The van der Waals surface area contributed by atoms with Crippen molar-refractivity contribution < 1.29 is 35.9 Å². The van der Waals surface area contributed by atoms with E-state index < -0.39 is 33.1 Å². The minimum absolute atomic E-state index is 0.0823. The van der Waals surface area contributed by atoms with Gasteiger partial charge in [-0.2, -0.15) is 13.2 Å². The molecule has 4 heterocycles. The van der Waals surface area contributed by atoms with E-state index >= 15 is 0 Å². The summed E-state index contributed by atoms with van der Waals surface area (Å²) in [5, 5.41) is 4.34. The first-order valence-electron chi connectivity index (χ1n) is 14.6. The molecule has 0 spiro atoms. The van der Waals surface area contributed by atoms with Crippen molar-refractivity contribution in [2.75, 3.05) is 24.7 Å². The van der Waals surface area contributed by atoms with E-state index in [0.717, 1.165) is 19.3 Å². The van der Waals surface area contributed by atoms with E-state index in [4.69, 9.17) is 14.5 Å². The average molecular weight is 634 g/mol. The molecule has 2 aromatic heterocycles. The highest BCUT2D eigenvalue weighted by Crippen LogP contribution is 2.59. The lowest BCUT2D eigenvalue weighted by Crippen LogP contribution is -2.41. The number of nitrogens with one attached hydrogen (secondary N) is 1. The van der Waals surface area contributed by atoms with E-state index in [9.17, 15) is 26.4 Å². The summed E-state index contributed by atoms with van der Waals surface area (Å²) in [6.07, 6.45) is -0.139. The molecule has 1 atom stereocenters. The Morgan fingerprint density at radius 1 is 1.16 bits per heavy atom. The van der Waals surface area contributed by atoms with Gasteiger partial charge in [-0.05, 0) is 82.6 Å². The molecule has 236 valence electrons. The van der Waals surface area contributed by atoms with Gasteiger partial charge in [-0.15, -0.1) is 5.10 Å². The molecule has 2 fully saturated rings. The van der Waals surface area contributed by atoms with E-state index in [1.165, 1.54) is 35.0 Å². The quantitative estimate of drug-likeness (QED) is 0.404. The van der Waals surface area contributed by atoms with Gasteiger partial charge >= 0.3 is 6.18 Å². The molecule has 2 aliphatic heterocycles. The van der Waals surface area contributed by atoms with Crippen LogP contribution in [0.5, 0.6) is 11.6 Å². The third-order valence-corrected chi connectivity index (χ3v) is 10.1. The molecule has 0 unspecified atom stereocenters. The van der Waals surface area contributed by atoms with Crippen LogP contribution in [0.25, 0.3) is 5.82 Å². The summed E-state index contributed by atoms with van der Waals surface area (Å²) >= 11 is 0. The molecule has 3 aromatic rings. The number of fused-ring (bicyclic) bond motifs is 6. The van der Waals surface area contributed by atoms with Gasteiger partial charge in [-0.3, -0.25) is 4.79 Å². The molecule has 1 aliphatic carbocycles. The standard InChI is InChI=1S/C30H34F3N5O5S/c1-28(2)18-20-5-4-15-42-21-6-3-7-22(17-21)44(40,41)36-27(39)23-8-9-24(34-26(23)37(28)19-20)38-14-10-25(35-38)43-16-13-29(11-12-29)30(31,32)33/h3,6-10,14,17,20H,4-5,11-13,15-16,18-19H2,1-2H3,(H,36,39)/t20-/m0/s1. The summed E-state index contributed by atoms with van der Waals surface area (Å²) in [5.74, 6) is 0.651. The number of ether oxygens (including phenoxy) is 2. The zero-order valence-electron chi connectivity index (χ0n) is 24.4. The fourth-order valence-electron chi connectivity index (χ4n) is 6.12. The Morgan fingerprint density at radius 2 is 1.95 bits per heavy atom. The minimum Gasteiger partial charge on any atom is -0.494 e. The van der Waals surface area contributed by atoms with E-state index in [2.05, 4.69) is 23.7 Å². The molecule has 0 radical (unpaired) electrons. The molecule has 6 rings (SSSR count). The van der Waals surface area contributed by atoms with E-state index in [0.29, 0.717) is 30.5 Å². The van der Waals surface area contributed by atoms with Crippen molar-refractivity contribution >= 4 is 21.7 Å². The molecule has 3 aliphatic rings. The average Bonchev–Trinajstić information content (AvgIpc) is 3.51. The van der Waals surface area contributed by atoms with Crippen LogP contribution in [-0.2, 0) is 10.0 Å². The van der Waals surface area contributed by atoms with Crippen LogP contribution in [0.2, 0.25) is 0 Å². The SMILES string of the molecule is CC1(C)C[C@@H]2CCCOc3cccc(c3)S(=O)(=O)NC(=O)c3ccc(-n4ccc(OCCC5(C(F)(F)F)CC5)n4)nc3N1C2. The Morgan fingerprint density at radius 3 is 2.70 bits per heavy atom. The molecule has 1 N–H and O–H groups in total. The fourth-order valence-corrected chi connectivity index (χ4v) is 7.12. The number of nitrogens with zero attached hydrogens (tertiary/aromatic N) is 4. The molecule has 1 saturated carbocycles. The van der Waals surface area contributed by atoms with Crippen molar-refractivity contribution in [1.29, 1.82) is 0 Å². The predicted molar refractivity (Wildman–Crippen MR) is 155 cm³/mol. The van der Waals surface area contributed by atoms with Gasteiger partial charge in [0.2, 0.25) is 5.88 Å². The number of hydrogen-bond donors (Lipinski definition) is 1. The zero-order chi connectivity index (χ0) is 31.3. The fraction of sp³-hybridized carbons (Fsp3) is 0.500. The third kappa shape index (κ3) is 5.95.